The van der Waals surface area contributed by atoms with Crippen molar-refractivity contribution in [1.29, 1.82) is 0 Å². The maximum Gasteiger partial charge on any atom is 0.342 e. The van der Waals surface area contributed by atoms with Crippen molar-refractivity contribution < 1.29 is 18.3 Å². The van der Waals surface area contributed by atoms with Crippen LogP contribution in [0, 0.1) is 0 Å². The van der Waals surface area contributed by atoms with Gasteiger partial charge in [-0.05, 0) is 27.7 Å². The highest BCUT2D eigenvalue weighted by Crippen LogP contribution is 2.22. The van der Waals surface area contributed by atoms with Gasteiger partial charge in [-0.15, -0.1) is 0 Å². The fraction of sp³-hybridized carbons (Fsp3) is 0.600. The standard InChI is InChI=1S/C10H16N2O4S/c1-5-16-9(13)7-6-11-12(10(2,3)4)8(7)17(14)15/h6H,5H2,1-4H3,(H,14,15). The highest BCUT2D eigenvalue weighted by atomic mass is 32.2. The molecular formula is C10H16N2O4S. The molecule has 1 heterocycles. The zero-order valence-corrected chi connectivity index (χ0v) is 11.1. The van der Waals surface area contributed by atoms with Crippen molar-refractivity contribution in [3.05, 3.63) is 11.8 Å². The van der Waals surface area contributed by atoms with Crippen LogP contribution in [0.2, 0.25) is 0 Å². The molecule has 0 spiro atoms. The van der Waals surface area contributed by atoms with E-state index in [2.05, 4.69) is 5.10 Å². The molecule has 0 aliphatic carbocycles. The molecule has 1 aromatic rings. The molecule has 17 heavy (non-hydrogen) atoms. The lowest BCUT2D eigenvalue weighted by Crippen LogP contribution is -2.26. The van der Waals surface area contributed by atoms with Crippen LogP contribution in [-0.4, -0.2) is 31.1 Å². The number of carbonyl (C=O) groups excluding carboxylic acids is 1. The molecule has 1 rings (SSSR count). The molecule has 0 saturated heterocycles. The summed E-state index contributed by atoms with van der Waals surface area (Å²) in [6.45, 7) is 7.35. The maximum absolute atomic E-state index is 11.6. The zero-order valence-electron chi connectivity index (χ0n) is 10.3. The predicted octanol–water partition coefficient (Wildman–Crippen LogP) is 1.40. The number of nitrogens with zero attached hydrogens (tertiary/aromatic N) is 2. The second-order valence-electron chi connectivity index (χ2n) is 4.42. The highest BCUT2D eigenvalue weighted by Gasteiger charge is 2.28. The monoisotopic (exact) mass is 260 g/mol. The van der Waals surface area contributed by atoms with E-state index >= 15 is 0 Å². The molecule has 1 atom stereocenters. The third-order valence-electron chi connectivity index (χ3n) is 2.02. The lowest BCUT2D eigenvalue weighted by atomic mass is 10.1. The average molecular weight is 260 g/mol. The van der Waals surface area contributed by atoms with Crippen molar-refractivity contribution in [3.8, 4) is 0 Å². The van der Waals surface area contributed by atoms with Gasteiger partial charge in [0.2, 0.25) is 11.1 Å². The molecule has 0 aromatic carbocycles. The van der Waals surface area contributed by atoms with Gasteiger partial charge in [0, 0.05) is 0 Å². The summed E-state index contributed by atoms with van der Waals surface area (Å²) in [7, 11) is 0. The molecule has 1 aromatic heterocycles. The Morgan fingerprint density at radius 3 is 2.59 bits per heavy atom. The molecular weight excluding hydrogens is 244 g/mol. The molecule has 0 amide bonds. The quantitative estimate of drug-likeness (QED) is 0.656. The second kappa shape index (κ2) is 4.97. The van der Waals surface area contributed by atoms with Gasteiger partial charge in [0.25, 0.3) is 0 Å². The van der Waals surface area contributed by atoms with Crippen molar-refractivity contribution in [2.24, 2.45) is 0 Å². The lowest BCUT2D eigenvalue weighted by Gasteiger charge is -2.21. The van der Waals surface area contributed by atoms with Crippen LogP contribution in [0.3, 0.4) is 0 Å². The summed E-state index contributed by atoms with van der Waals surface area (Å²) < 4.78 is 26.7. The van der Waals surface area contributed by atoms with E-state index in [-0.39, 0.29) is 17.2 Å². The van der Waals surface area contributed by atoms with Crippen LogP contribution in [0.5, 0.6) is 0 Å². The first-order valence-corrected chi connectivity index (χ1v) is 6.26. The molecule has 96 valence electrons. The number of carbonyl (C=O) groups is 1. The molecule has 0 radical (unpaired) electrons. The van der Waals surface area contributed by atoms with Gasteiger partial charge in [-0.1, -0.05) is 0 Å². The summed E-state index contributed by atoms with van der Waals surface area (Å²) in [4.78, 5) is 11.6. The molecule has 0 saturated carbocycles. The number of hydrogen-bond donors (Lipinski definition) is 1. The molecule has 0 bridgehead atoms. The Hall–Kier alpha value is -1.21. The van der Waals surface area contributed by atoms with E-state index in [0.717, 1.165) is 0 Å². The molecule has 1 unspecified atom stereocenters. The molecule has 0 aliphatic heterocycles. The van der Waals surface area contributed by atoms with Crippen molar-refractivity contribution in [2.45, 2.75) is 38.3 Å². The topological polar surface area (TPSA) is 81.4 Å². The van der Waals surface area contributed by atoms with Crippen molar-refractivity contribution >= 4 is 17.0 Å². The summed E-state index contributed by atoms with van der Waals surface area (Å²) in [5, 5.41) is 3.94. The van der Waals surface area contributed by atoms with Crippen molar-refractivity contribution in [1.82, 2.24) is 9.78 Å². The van der Waals surface area contributed by atoms with Crippen LogP contribution >= 0.6 is 0 Å². The van der Waals surface area contributed by atoms with E-state index in [4.69, 9.17) is 4.74 Å². The number of ether oxygens (including phenoxy) is 1. The van der Waals surface area contributed by atoms with E-state index in [1.165, 1.54) is 10.9 Å². The normalized spacial score (nSPS) is 13.5. The molecule has 0 aliphatic rings. The number of hydrogen-bond acceptors (Lipinski definition) is 4. The van der Waals surface area contributed by atoms with Gasteiger partial charge in [-0.3, -0.25) is 0 Å². The van der Waals surface area contributed by atoms with E-state index < -0.39 is 22.6 Å². The van der Waals surface area contributed by atoms with Gasteiger partial charge < -0.3 is 9.29 Å². The molecule has 7 heteroatoms. The Morgan fingerprint density at radius 2 is 2.18 bits per heavy atom. The predicted molar refractivity (Wildman–Crippen MR) is 62.2 cm³/mol. The lowest BCUT2D eigenvalue weighted by molar-refractivity contribution is 0.0520. The Labute approximate surface area is 102 Å². The van der Waals surface area contributed by atoms with E-state index in [1.807, 2.05) is 20.8 Å². The van der Waals surface area contributed by atoms with Gasteiger partial charge in [0.1, 0.15) is 5.56 Å². The van der Waals surface area contributed by atoms with Gasteiger partial charge in [0.05, 0.1) is 18.3 Å². The second-order valence-corrected chi connectivity index (χ2v) is 5.30. The van der Waals surface area contributed by atoms with Crippen molar-refractivity contribution in [3.63, 3.8) is 0 Å². The van der Waals surface area contributed by atoms with E-state index in [1.54, 1.807) is 6.92 Å². The first-order chi connectivity index (χ1) is 7.79. The molecule has 0 fully saturated rings. The van der Waals surface area contributed by atoms with Crippen LogP contribution < -0.4 is 0 Å². The van der Waals surface area contributed by atoms with Crippen LogP contribution in [0.4, 0.5) is 0 Å². The van der Waals surface area contributed by atoms with Crippen LogP contribution in [0.25, 0.3) is 0 Å². The van der Waals surface area contributed by atoms with E-state index in [0.29, 0.717) is 0 Å². The van der Waals surface area contributed by atoms with Gasteiger partial charge >= 0.3 is 5.97 Å². The van der Waals surface area contributed by atoms with Gasteiger partial charge in [0.15, 0.2) is 5.03 Å². The third-order valence-corrected chi connectivity index (χ3v) is 2.74. The summed E-state index contributed by atoms with van der Waals surface area (Å²) in [5.74, 6) is -0.639. The van der Waals surface area contributed by atoms with E-state index in [9.17, 15) is 13.6 Å². The minimum Gasteiger partial charge on any atom is -0.462 e. The van der Waals surface area contributed by atoms with Crippen molar-refractivity contribution in [2.75, 3.05) is 6.61 Å². The zero-order chi connectivity index (χ0) is 13.2. The summed E-state index contributed by atoms with van der Waals surface area (Å²) >= 11 is -2.29. The largest absolute Gasteiger partial charge is 0.462 e. The summed E-state index contributed by atoms with van der Waals surface area (Å²) in [6.07, 6.45) is 1.26. The summed E-state index contributed by atoms with van der Waals surface area (Å²) in [5.41, 5.74) is -0.457. The average Bonchev–Trinajstić information content (AvgIpc) is 2.61. The minimum atomic E-state index is -2.29. The minimum absolute atomic E-state index is 0.0302. The Kier molecular flexibility index (Phi) is 4.05. The number of aromatic nitrogens is 2. The summed E-state index contributed by atoms with van der Waals surface area (Å²) in [6, 6.07) is 0. The fourth-order valence-electron chi connectivity index (χ4n) is 1.33. The first-order valence-electron chi connectivity index (χ1n) is 5.15. The Bertz CT molecular complexity index is 448. The smallest absolute Gasteiger partial charge is 0.342 e. The molecule has 1 N–H and O–H groups in total. The third kappa shape index (κ3) is 2.92. The fourth-order valence-corrected chi connectivity index (χ4v) is 2.13. The number of rotatable bonds is 3. The first kappa shape index (κ1) is 13.9. The van der Waals surface area contributed by atoms with Gasteiger partial charge in [-0.2, -0.15) is 5.10 Å². The SMILES string of the molecule is CCOC(=O)c1cnn(C(C)(C)C)c1S(=O)O. The number of esters is 1. The van der Waals surface area contributed by atoms with Gasteiger partial charge in [-0.25, -0.2) is 13.7 Å². The van der Waals surface area contributed by atoms with Crippen LogP contribution in [0.15, 0.2) is 11.2 Å². The Morgan fingerprint density at radius 1 is 1.59 bits per heavy atom. The van der Waals surface area contributed by atoms with Crippen LogP contribution in [0.1, 0.15) is 38.1 Å². The molecule has 6 nitrogen and oxygen atoms in total. The maximum atomic E-state index is 11.6. The van der Waals surface area contributed by atoms with Crippen LogP contribution in [-0.2, 0) is 21.4 Å². The highest BCUT2D eigenvalue weighted by molar-refractivity contribution is 7.79. The Balaban J connectivity index is 3.30.